The molecule has 88 valence electrons. The summed E-state index contributed by atoms with van der Waals surface area (Å²) in [5.41, 5.74) is 0. The summed E-state index contributed by atoms with van der Waals surface area (Å²) in [5, 5.41) is 8.54. The molecular weight excluding hydrogens is 190 g/mol. The van der Waals surface area contributed by atoms with Crippen LogP contribution in [0, 0.1) is 11.8 Å². The van der Waals surface area contributed by atoms with Crippen LogP contribution >= 0.6 is 0 Å². The smallest absolute Gasteiger partial charge is 0.303 e. The highest BCUT2D eigenvalue weighted by Crippen LogP contribution is 2.23. The second kappa shape index (κ2) is 6.11. The van der Waals surface area contributed by atoms with Crippen LogP contribution in [0.4, 0.5) is 0 Å². The third-order valence-corrected chi connectivity index (χ3v) is 3.04. The molecule has 1 aliphatic rings. The van der Waals surface area contributed by atoms with Gasteiger partial charge in [-0.3, -0.25) is 4.79 Å². The lowest BCUT2D eigenvalue weighted by Crippen LogP contribution is -2.22. The molecule has 1 aliphatic heterocycles. The lowest BCUT2D eigenvalue weighted by molar-refractivity contribution is -0.137. The van der Waals surface area contributed by atoms with E-state index in [4.69, 9.17) is 5.11 Å². The van der Waals surface area contributed by atoms with Crippen LogP contribution in [-0.4, -0.2) is 35.6 Å². The third-order valence-electron chi connectivity index (χ3n) is 3.04. The van der Waals surface area contributed by atoms with Gasteiger partial charge >= 0.3 is 5.97 Å². The Morgan fingerprint density at radius 2 is 2.27 bits per heavy atom. The molecule has 3 heteroatoms. The van der Waals surface area contributed by atoms with Crippen molar-refractivity contribution in [1.82, 2.24) is 4.90 Å². The highest BCUT2D eigenvalue weighted by molar-refractivity contribution is 5.66. The van der Waals surface area contributed by atoms with Crippen LogP contribution in [0.15, 0.2) is 0 Å². The minimum atomic E-state index is -0.673. The number of carboxylic acid groups (broad SMARTS) is 1. The van der Waals surface area contributed by atoms with Crippen LogP contribution in [0.2, 0.25) is 0 Å². The fourth-order valence-electron chi connectivity index (χ4n) is 2.43. The van der Waals surface area contributed by atoms with Crippen molar-refractivity contribution >= 4 is 5.97 Å². The van der Waals surface area contributed by atoms with Gasteiger partial charge in [0.25, 0.3) is 0 Å². The summed E-state index contributed by atoms with van der Waals surface area (Å²) in [7, 11) is 0. The Hall–Kier alpha value is -0.570. The largest absolute Gasteiger partial charge is 0.481 e. The Balaban J connectivity index is 2.11. The van der Waals surface area contributed by atoms with Crippen LogP contribution in [0.25, 0.3) is 0 Å². The van der Waals surface area contributed by atoms with Crippen molar-refractivity contribution in [3.05, 3.63) is 0 Å². The zero-order valence-electron chi connectivity index (χ0n) is 9.91. The first kappa shape index (κ1) is 12.5. The Labute approximate surface area is 92.5 Å². The fourth-order valence-corrected chi connectivity index (χ4v) is 2.43. The Bertz CT molecular complexity index is 204. The normalized spacial score (nSPS) is 22.5. The topological polar surface area (TPSA) is 40.5 Å². The van der Waals surface area contributed by atoms with Crippen molar-refractivity contribution in [1.29, 1.82) is 0 Å². The second-order valence-electron chi connectivity index (χ2n) is 5.08. The van der Waals surface area contributed by atoms with Crippen LogP contribution in [0.3, 0.4) is 0 Å². The van der Waals surface area contributed by atoms with Crippen LogP contribution < -0.4 is 0 Å². The third kappa shape index (κ3) is 5.17. The van der Waals surface area contributed by atoms with E-state index in [-0.39, 0.29) is 0 Å². The van der Waals surface area contributed by atoms with Gasteiger partial charge in [-0.05, 0) is 44.2 Å². The van der Waals surface area contributed by atoms with Crippen molar-refractivity contribution < 1.29 is 9.90 Å². The maximum absolute atomic E-state index is 10.4. The number of rotatable bonds is 6. The van der Waals surface area contributed by atoms with Gasteiger partial charge in [0, 0.05) is 13.0 Å². The number of aliphatic carboxylic acids is 1. The summed E-state index contributed by atoms with van der Waals surface area (Å²) in [6.07, 6.45) is 3.72. The van der Waals surface area contributed by atoms with Crippen molar-refractivity contribution in [3.8, 4) is 0 Å². The predicted octanol–water partition coefficient (Wildman–Crippen LogP) is 2.22. The number of hydrogen-bond acceptors (Lipinski definition) is 2. The molecule has 1 saturated heterocycles. The van der Waals surface area contributed by atoms with Crippen molar-refractivity contribution in [2.45, 2.75) is 39.5 Å². The van der Waals surface area contributed by atoms with Gasteiger partial charge in [-0.25, -0.2) is 0 Å². The number of hydrogen-bond donors (Lipinski definition) is 1. The lowest BCUT2D eigenvalue weighted by atomic mass is 9.97. The fraction of sp³-hybridized carbons (Fsp3) is 0.917. The molecule has 0 aromatic heterocycles. The molecule has 1 fully saturated rings. The molecule has 0 aromatic rings. The molecule has 0 spiro atoms. The van der Waals surface area contributed by atoms with E-state index < -0.39 is 5.97 Å². The maximum Gasteiger partial charge on any atom is 0.303 e. The SMILES string of the molecule is CC(C)CC1CCN(CCCC(=O)O)C1. The lowest BCUT2D eigenvalue weighted by Gasteiger charge is -2.16. The summed E-state index contributed by atoms with van der Waals surface area (Å²) >= 11 is 0. The average molecular weight is 213 g/mol. The number of carboxylic acids is 1. The van der Waals surface area contributed by atoms with Crippen LogP contribution in [0.5, 0.6) is 0 Å². The predicted molar refractivity (Wildman–Crippen MR) is 60.9 cm³/mol. The van der Waals surface area contributed by atoms with Crippen molar-refractivity contribution in [2.24, 2.45) is 11.8 Å². The minimum Gasteiger partial charge on any atom is -0.481 e. The van der Waals surface area contributed by atoms with E-state index in [1.54, 1.807) is 0 Å². The average Bonchev–Trinajstić information content (AvgIpc) is 2.50. The summed E-state index contributed by atoms with van der Waals surface area (Å²) in [4.78, 5) is 12.8. The van der Waals surface area contributed by atoms with Gasteiger partial charge in [-0.2, -0.15) is 0 Å². The van der Waals surface area contributed by atoms with E-state index >= 15 is 0 Å². The second-order valence-corrected chi connectivity index (χ2v) is 5.08. The summed E-state index contributed by atoms with van der Waals surface area (Å²) < 4.78 is 0. The summed E-state index contributed by atoms with van der Waals surface area (Å²) in [6, 6.07) is 0. The van der Waals surface area contributed by atoms with Gasteiger partial charge in [-0.15, -0.1) is 0 Å². The molecule has 0 radical (unpaired) electrons. The molecule has 1 N–H and O–H groups in total. The first-order valence-electron chi connectivity index (χ1n) is 6.02. The van der Waals surface area contributed by atoms with Crippen LogP contribution in [0.1, 0.15) is 39.5 Å². The molecule has 1 atom stereocenters. The van der Waals surface area contributed by atoms with E-state index in [1.807, 2.05) is 0 Å². The van der Waals surface area contributed by atoms with E-state index in [0.717, 1.165) is 31.3 Å². The molecule has 15 heavy (non-hydrogen) atoms. The van der Waals surface area contributed by atoms with Gasteiger partial charge in [-0.1, -0.05) is 13.8 Å². The first-order chi connectivity index (χ1) is 7.08. The van der Waals surface area contributed by atoms with Gasteiger partial charge in [0.2, 0.25) is 0 Å². The Morgan fingerprint density at radius 1 is 1.53 bits per heavy atom. The molecule has 0 amide bonds. The number of nitrogens with zero attached hydrogens (tertiary/aromatic N) is 1. The molecule has 1 heterocycles. The van der Waals surface area contributed by atoms with Gasteiger partial charge < -0.3 is 10.0 Å². The van der Waals surface area contributed by atoms with Gasteiger partial charge in [0.15, 0.2) is 0 Å². The van der Waals surface area contributed by atoms with Gasteiger partial charge in [0.1, 0.15) is 0 Å². The van der Waals surface area contributed by atoms with Crippen molar-refractivity contribution in [2.75, 3.05) is 19.6 Å². The molecule has 0 aromatic carbocycles. The minimum absolute atomic E-state index is 0.311. The van der Waals surface area contributed by atoms with E-state index in [0.29, 0.717) is 6.42 Å². The zero-order valence-corrected chi connectivity index (χ0v) is 9.91. The Kier molecular flexibility index (Phi) is 5.09. The highest BCUT2D eigenvalue weighted by Gasteiger charge is 2.22. The monoisotopic (exact) mass is 213 g/mol. The van der Waals surface area contributed by atoms with Crippen LogP contribution in [-0.2, 0) is 4.79 Å². The first-order valence-corrected chi connectivity index (χ1v) is 6.02. The van der Waals surface area contributed by atoms with Crippen molar-refractivity contribution in [3.63, 3.8) is 0 Å². The molecule has 1 unspecified atom stereocenters. The zero-order chi connectivity index (χ0) is 11.3. The molecule has 0 aliphatic carbocycles. The highest BCUT2D eigenvalue weighted by atomic mass is 16.4. The molecule has 0 saturated carbocycles. The molecule has 3 nitrogen and oxygen atoms in total. The molecular formula is C12H23NO2. The Morgan fingerprint density at radius 3 is 2.87 bits per heavy atom. The van der Waals surface area contributed by atoms with E-state index in [9.17, 15) is 4.79 Å². The summed E-state index contributed by atoms with van der Waals surface area (Å²) in [5.74, 6) is 0.955. The summed E-state index contributed by atoms with van der Waals surface area (Å²) in [6.45, 7) is 7.84. The number of carbonyl (C=O) groups is 1. The van der Waals surface area contributed by atoms with E-state index in [1.165, 1.54) is 19.4 Å². The molecule has 1 rings (SSSR count). The van der Waals surface area contributed by atoms with Gasteiger partial charge in [0.05, 0.1) is 0 Å². The van der Waals surface area contributed by atoms with E-state index in [2.05, 4.69) is 18.7 Å². The standard InChI is InChI=1S/C12H23NO2/c1-10(2)8-11-5-7-13(9-11)6-3-4-12(14)15/h10-11H,3-9H2,1-2H3,(H,14,15). The number of likely N-dealkylation sites (tertiary alicyclic amines) is 1. The molecule has 0 bridgehead atoms. The maximum atomic E-state index is 10.4. The quantitative estimate of drug-likeness (QED) is 0.735.